The fourth-order valence-corrected chi connectivity index (χ4v) is 4.18. The smallest absolute Gasteiger partial charge is 0.255 e. The van der Waals surface area contributed by atoms with Gasteiger partial charge in [-0.1, -0.05) is 18.2 Å². The molecule has 3 heterocycles. The van der Waals surface area contributed by atoms with Crippen molar-refractivity contribution in [2.75, 3.05) is 23.3 Å². The molecule has 0 atom stereocenters. The van der Waals surface area contributed by atoms with Crippen molar-refractivity contribution in [3.63, 3.8) is 0 Å². The van der Waals surface area contributed by atoms with Gasteiger partial charge in [0.2, 0.25) is 5.91 Å². The lowest BCUT2D eigenvalue weighted by molar-refractivity contribution is -0.125. The summed E-state index contributed by atoms with van der Waals surface area (Å²) in [6.45, 7) is 1.83. The van der Waals surface area contributed by atoms with E-state index in [0.717, 1.165) is 37.3 Å². The van der Waals surface area contributed by atoms with Crippen LogP contribution in [0.1, 0.15) is 28.8 Å². The van der Waals surface area contributed by atoms with Crippen molar-refractivity contribution in [3.8, 4) is 0 Å². The number of nitrogens with zero attached hydrogens (tertiary/aromatic N) is 5. The predicted molar refractivity (Wildman–Crippen MR) is 128 cm³/mol. The minimum absolute atomic E-state index is 0.0149. The Morgan fingerprint density at radius 1 is 1.03 bits per heavy atom. The standard InChI is InChI=1S/C25H24FN7O2/c26-20-5-2-4-19(14-20)25(35)29-21-6-1-3-17(13-21)15-27-24(34)18-9-11-32(12-10-18)23-8-7-22-30-28-16-33(22)31-23/h1-8,13-14,16,18H,9-12,15H2,(H,27,34)(H,29,35). The number of hydrogen-bond acceptors (Lipinski definition) is 6. The molecule has 1 fully saturated rings. The number of carbonyl (C=O) groups is 2. The van der Waals surface area contributed by atoms with Crippen LogP contribution in [0.25, 0.3) is 5.65 Å². The first-order valence-electron chi connectivity index (χ1n) is 11.4. The van der Waals surface area contributed by atoms with Crippen LogP contribution in [0.15, 0.2) is 67.0 Å². The molecule has 10 heteroatoms. The van der Waals surface area contributed by atoms with E-state index < -0.39 is 11.7 Å². The average Bonchev–Trinajstić information content (AvgIpc) is 3.36. The molecule has 35 heavy (non-hydrogen) atoms. The van der Waals surface area contributed by atoms with Crippen LogP contribution >= 0.6 is 0 Å². The van der Waals surface area contributed by atoms with Gasteiger partial charge in [-0.05, 0) is 60.9 Å². The summed E-state index contributed by atoms with van der Waals surface area (Å²) in [7, 11) is 0. The molecule has 2 N–H and O–H groups in total. The number of carbonyl (C=O) groups excluding carboxylic acids is 2. The van der Waals surface area contributed by atoms with Crippen LogP contribution < -0.4 is 15.5 Å². The zero-order chi connectivity index (χ0) is 24.2. The maximum Gasteiger partial charge on any atom is 0.255 e. The van der Waals surface area contributed by atoms with Crippen LogP contribution in [0.4, 0.5) is 15.9 Å². The maximum atomic E-state index is 13.4. The molecule has 5 rings (SSSR count). The van der Waals surface area contributed by atoms with Gasteiger partial charge in [-0.3, -0.25) is 9.59 Å². The van der Waals surface area contributed by atoms with Gasteiger partial charge in [0.05, 0.1) is 0 Å². The summed E-state index contributed by atoms with van der Waals surface area (Å²) < 4.78 is 15.0. The van der Waals surface area contributed by atoms with Crippen molar-refractivity contribution in [1.82, 2.24) is 25.1 Å². The van der Waals surface area contributed by atoms with Crippen LogP contribution in [-0.4, -0.2) is 44.7 Å². The second-order valence-corrected chi connectivity index (χ2v) is 8.47. The molecule has 0 saturated carbocycles. The molecule has 1 aliphatic heterocycles. The lowest BCUT2D eigenvalue weighted by Crippen LogP contribution is -2.40. The number of hydrogen-bond donors (Lipinski definition) is 2. The first-order valence-corrected chi connectivity index (χ1v) is 11.4. The quantitative estimate of drug-likeness (QED) is 0.446. The van der Waals surface area contributed by atoms with Crippen molar-refractivity contribution in [2.24, 2.45) is 5.92 Å². The number of amides is 2. The van der Waals surface area contributed by atoms with E-state index in [4.69, 9.17) is 0 Å². The van der Waals surface area contributed by atoms with Crippen molar-refractivity contribution < 1.29 is 14.0 Å². The highest BCUT2D eigenvalue weighted by Crippen LogP contribution is 2.22. The minimum atomic E-state index is -0.465. The van der Waals surface area contributed by atoms with Crippen molar-refractivity contribution in [2.45, 2.75) is 19.4 Å². The van der Waals surface area contributed by atoms with Gasteiger partial charge in [-0.25, -0.2) is 4.39 Å². The van der Waals surface area contributed by atoms with Crippen LogP contribution in [0, 0.1) is 11.7 Å². The third-order valence-electron chi connectivity index (χ3n) is 6.08. The van der Waals surface area contributed by atoms with Gasteiger partial charge in [0.15, 0.2) is 5.65 Å². The number of nitrogens with one attached hydrogen (secondary N) is 2. The zero-order valence-electron chi connectivity index (χ0n) is 18.9. The van der Waals surface area contributed by atoms with E-state index in [0.29, 0.717) is 17.9 Å². The number of aromatic nitrogens is 4. The monoisotopic (exact) mass is 473 g/mol. The van der Waals surface area contributed by atoms with Gasteiger partial charge in [0.25, 0.3) is 5.91 Å². The van der Waals surface area contributed by atoms with Gasteiger partial charge in [-0.15, -0.1) is 15.3 Å². The van der Waals surface area contributed by atoms with E-state index in [1.165, 1.54) is 18.2 Å². The first kappa shape index (κ1) is 22.5. The third kappa shape index (κ3) is 5.26. The molecule has 4 aromatic rings. The van der Waals surface area contributed by atoms with E-state index in [1.54, 1.807) is 35.1 Å². The Kier molecular flexibility index (Phi) is 6.34. The van der Waals surface area contributed by atoms with E-state index in [2.05, 4.69) is 30.8 Å². The Bertz CT molecular complexity index is 1360. The van der Waals surface area contributed by atoms with Gasteiger partial charge >= 0.3 is 0 Å². The number of anilines is 2. The summed E-state index contributed by atoms with van der Waals surface area (Å²) in [5.41, 5.74) is 2.38. The van der Waals surface area contributed by atoms with Crippen molar-refractivity contribution in [1.29, 1.82) is 0 Å². The number of halogens is 1. The third-order valence-corrected chi connectivity index (χ3v) is 6.08. The fourth-order valence-electron chi connectivity index (χ4n) is 4.18. The van der Waals surface area contributed by atoms with E-state index in [1.807, 2.05) is 18.2 Å². The molecule has 9 nitrogen and oxygen atoms in total. The second kappa shape index (κ2) is 9.88. The molecule has 1 aliphatic rings. The van der Waals surface area contributed by atoms with Crippen LogP contribution in [0.5, 0.6) is 0 Å². The van der Waals surface area contributed by atoms with Crippen molar-refractivity contribution >= 4 is 29.0 Å². The molecule has 2 aromatic heterocycles. The van der Waals surface area contributed by atoms with Crippen LogP contribution in [0.2, 0.25) is 0 Å². The summed E-state index contributed by atoms with van der Waals surface area (Å²) in [5.74, 6) is -0.0711. The largest absolute Gasteiger partial charge is 0.355 e. The highest BCUT2D eigenvalue weighted by atomic mass is 19.1. The molecule has 1 saturated heterocycles. The summed E-state index contributed by atoms with van der Waals surface area (Å²) in [6.07, 6.45) is 3.04. The summed E-state index contributed by atoms with van der Waals surface area (Å²) >= 11 is 0. The Hall–Kier alpha value is -4.34. The Morgan fingerprint density at radius 3 is 2.69 bits per heavy atom. The zero-order valence-corrected chi connectivity index (χ0v) is 18.9. The highest BCUT2D eigenvalue weighted by Gasteiger charge is 2.25. The Balaban J connectivity index is 1.12. The van der Waals surface area contributed by atoms with E-state index >= 15 is 0 Å². The topological polar surface area (TPSA) is 105 Å². The first-order chi connectivity index (χ1) is 17.0. The summed E-state index contributed by atoms with van der Waals surface area (Å²) in [4.78, 5) is 27.3. The summed E-state index contributed by atoms with van der Waals surface area (Å²) in [5, 5.41) is 18.1. The average molecular weight is 474 g/mol. The molecule has 2 amide bonds. The van der Waals surface area contributed by atoms with Crippen molar-refractivity contribution in [3.05, 3.63) is 83.9 Å². The number of piperidine rings is 1. The highest BCUT2D eigenvalue weighted by molar-refractivity contribution is 6.04. The maximum absolute atomic E-state index is 13.4. The molecule has 0 unspecified atom stereocenters. The molecule has 0 spiro atoms. The van der Waals surface area contributed by atoms with Crippen LogP contribution in [-0.2, 0) is 11.3 Å². The number of rotatable bonds is 6. The number of fused-ring (bicyclic) bond motifs is 1. The lowest BCUT2D eigenvalue weighted by Gasteiger charge is -2.32. The molecule has 0 bridgehead atoms. The Labute approximate surface area is 201 Å². The fraction of sp³-hybridized carbons (Fsp3) is 0.240. The van der Waals surface area contributed by atoms with Gasteiger partial charge in [0, 0.05) is 36.8 Å². The van der Waals surface area contributed by atoms with Gasteiger partial charge < -0.3 is 15.5 Å². The normalized spacial score (nSPS) is 14.1. The Morgan fingerprint density at radius 2 is 1.86 bits per heavy atom. The molecular weight excluding hydrogens is 449 g/mol. The predicted octanol–water partition coefficient (Wildman–Crippen LogP) is 3.05. The van der Waals surface area contributed by atoms with E-state index in [-0.39, 0.29) is 17.4 Å². The molecule has 2 aromatic carbocycles. The van der Waals surface area contributed by atoms with Crippen LogP contribution in [0.3, 0.4) is 0 Å². The molecule has 0 radical (unpaired) electrons. The summed E-state index contributed by atoms with van der Waals surface area (Å²) in [6, 6.07) is 16.6. The molecule has 178 valence electrons. The molecule has 0 aliphatic carbocycles. The SMILES string of the molecule is O=C(Nc1cccc(CNC(=O)C2CCN(c3ccc4nncn4n3)CC2)c1)c1cccc(F)c1. The van der Waals surface area contributed by atoms with Gasteiger partial charge in [-0.2, -0.15) is 4.52 Å². The lowest BCUT2D eigenvalue weighted by atomic mass is 9.96. The second-order valence-electron chi connectivity index (χ2n) is 8.47. The number of benzene rings is 2. The minimum Gasteiger partial charge on any atom is -0.355 e. The van der Waals surface area contributed by atoms with E-state index in [9.17, 15) is 14.0 Å². The molecular formula is C25H24FN7O2. The van der Waals surface area contributed by atoms with Gasteiger partial charge in [0.1, 0.15) is 18.0 Å².